The Hall–Kier alpha value is -1.02. The first-order valence-electron chi connectivity index (χ1n) is 6.21. The molecule has 1 aromatic rings. The van der Waals surface area contributed by atoms with Crippen molar-refractivity contribution in [3.05, 3.63) is 29.3 Å². The first kappa shape index (κ1) is 14.0. The molecule has 2 heteroatoms. The fraction of sp³-hybridized carbons (Fsp3) is 0.600. The zero-order chi connectivity index (χ0) is 13.1. The summed E-state index contributed by atoms with van der Waals surface area (Å²) in [7, 11) is 0. The molecule has 0 amide bonds. The van der Waals surface area contributed by atoms with E-state index in [1.165, 1.54) is 5.56 Å². The largest absolute Gasteiger partial charge is 0.493 e. The Morgan fingerprint density at radius 2 is 1.88 bits per heavy atom. The third kappa shape index (κ3) is 4.04. The first-order chi connectivity index (χ1) is 7.84. The van der Waals surface area contributed by atoms with Crippen LogP contribution in [0.1, 0.15) is 45.7 Å². The molecule has 1 rings (SSSR count). The topological polar surface area (TPSA) is 29.5 Å². The van der Waals surface area contributed by atoms with Gasteiger partial charge in [-0.1, -0.05) is 40.7 Å². The second-order valence-corrected chi connectivity index (χ2v) is 5.94. The molecule has 0 aliphatic heterocycles. The normalized spacial score (nSPS) is 11.9. The second-order valence-electron chi connectivity index (χ2n) is 5.94. The van der Waals surface area contributed by atoms with Crippen LogP contribution in [0.15, 0.2) is 18.2 Å². The number of rotatable bonds is 4. The van der Waals surface area contributed by atoms with E-state index in [9.17, 15) is 5.11 Å². The molecule has 0 radical (unpaired) electrons. The zero-order valence-electron chi connectivity index (χ0n) is 11.6. The SMILES string of the molecule is CC(C)COc1ccc(C(C)(C)C)cc1CO. The molecule has 2 nitrogen and oxygen atoms in total. The standard InChI is InChI=1S/C15H24O2/c1-11(2)10-17-14-7-6-13(15(3,4)5)8-12(14)9-16/h6-8,11,16H,9-10H2,1-5H3. The van der Waals surface area contributed by atoms with Gasteiger partial charge in [0.05, 0.1) is 13.2 Å². The Morgan fingerprint density at radius 3 is 2.35 bits per heavy atom. The van der Waals surface area contributed by atoms with Crippen molar-refractivity contribution in [1.29, 1.82) is 0 Å². The Kier molecular flexibility index (Phi) is 4.58. The molecule has 96 valence electrons. The summed E-state index contributed by atoms with van der Waals surface area (Å²) in [6.07, 6.45) is 0. The predicted molar refractivity (Wildman–Crippen MR) is 71.4 cm³/mol. The van der Waals surface area contributed by atoms with Gasteiger partial charge in [-0.25, -0.2) is 0 Å². The summed E-state index contributed by atoms with van der Waals surface area (Å²) in [6.45, 7) is 11.4. The van der Waals surface area contributed by atoms with Crippen molar-refractivity contribution >= 4 is 0 Å². The summed E-state index contributed by atoms with van der Waals surface area (Å²) in [5, 5.41) is 9.39. The van der Waals surface area contributed by atoms with Gasteiger partial charge in [0.2, 0.25) is 0 Å². The summed E-state index contributed by atoms with van der Waals surface area (Å²) in [4.78, 5) is 0. The lowest BCUT2D eigenvalue weighted by Gasteiger charge is -2.21. The van der Waals surface area contributed by atoms with Gasteiger partial charge >= 0.3 is 0 Å². The number of ether oxygens (including phenoxy) is 1. The highest BCUT2D eigenvalue weighted by molar-refractivity contribution is 5.39. The lowest BCUT2D eigenvalue weighted by atomic mass is 9.86. The van der Waals surface area contributed by atoms with Crippen molar-refractivity contribution in [3.8, 4) is 5.75 Å². The minimum Gasteiger partial charge on any atom is -0.493 e. The predicted octanol–water partition coefficient (Wildman–Crippen LogP) is 3.51. The van der Waals surface area contributed by atoms with Crippen LogP contribution in [0.25, 0.3) is 0 Å². The molecule has 17 heavy (non-hydrogen) atoms. The fourth-order valence-corrected chi connectivity index (χ4v) is 1.57. The minimum atomic E-state index is 0.0251. The van der Waals surface area contributed by atoms with E-state index in [4.69, 9.17) is 4.74 Å². The summed E-state index contributed by atoms with van der Waals surface area (Å²) in [6, 6.07) is 6.08. The van der Waals surface area contributed by atoms with Crippen molar-refractivity contribution < 1.29 is 9.84 Å². The molecule has 0 aliphatic carbocycles. The summed E-state index contributed by atoms with van der Waals surface area (Å²) in [5.74, 6) is 1.29. The summed E-state index contributed by atoms with van der Waals surface area (Å²) < 4.78 is 5.70. The van der Waals surface area contributed by atoms with Crippen LogP contribution in [0.4, 0.5) is 0 Å². The van der Waals surface area contributed by atoms with Gasteiger partial charge in [-0.3, -0.25) is 0 Å². The Morgan fingerprint density at radius 1 is 1.24 bits per heavy atom. The molecule has 0 saturated carbocycles. The average Bonchev–Trinajstić information content (AvgIpc) is 2.24. The third-order valence-electron chi connectivity index (χ3n) is 2.67. The maximum Gasteiger partial charge on any atom is 0.124 e. The number of hydrogen-bond donors (Lipinski definition) is 1. The number of aliphatic hydroxyl groups excluding tert-OH is 1. The smallest absolute Gasteiger partial charge is 0.124 e. The minimum absolute atomic E-state index is 0.0251. The van der Waals surface area contributed by atoms with Gasteiger partial charge in [0.25, 0.3) is 0 Å². The monoisotopic (exact) mass is 236 g/mol. The molecule has 0 aliphatic rings. The van der Waals surface area contributed by atoms with Crippen LogP contribution >= 0.6 is 0 Å². The van der Waals surface area contributed by atoms with E-state index in [1.807, 2.05) is 12.1 Å². The van der Waals surface area contributed by atoms with Crippen LogP contribution < -0.4 is 4.74 Å². The van der Waals surface area contributed by atoms with Gasteiger partial charge < -0.3 is 9.84 Å². The van der Waals surface area contributed by atoms with E-state index < -0.39 is 0 Å². The first-order valence-corrected chi connectivity index (χ1v) is 6.21. The molecule has 0 atom stereocenters. The highest BCUT2D eigenvalue weighted by Gasteiger charge is 2.15. The number of hydrogen-bond acceptors (Lipinski definition) is 2. The molecular formula is C15H24O2. The average molecular weight is 236 g/mol. The van der Waals surface area contributed by atoms with Gasteiger partial charge in [0.1, 0.15) is 5.75 Å². The molecule has 0 saturated heterocycles. The van der Waals surface area contributed by atoms with Gasteiger partial charge in [0, 0.05) is 5.56 Å². The van der Waals surface area contributed by atoms with Gasteiger partial charge in [-0.05, 0) is 29.0 Å². The Labute approximate surface area is 105 Å². The van der Waals surface area contributed by atoms with Crippen molar-refractivity contribution in [3.63, 3.8) is 0 Å². The zero-order valence-corrected chi connectivity index (χ0v) is 11.6. The van der Waals surface area contributed by atoms with E-state index in [-0.39, 0.29) is 12.0 Å². The molecule has 0 unspecified atom stereocenters. The molecule has 1 N–H and O–H groups in total. The number of aliphatic hydroxyl groups is 1. The van der Waals surface area contributed by atoms with Crippen molar-refractivity contribution in [2.75, 3.05) is 6.61 Å². The van der Waals surface area contributed by atoms with E-state index in [0.717, 1.165) is 11.3 Å². The van der Waals surface area contributed by atoms with E-state index in [2.05, 4.69) is 40.7 Å². The molecule has 0 fully saturated rings. The van der Waals surface area contributed by atoms with Crippen LogP contribution in [0.5, 0.6) is 5.75 Å². The van der Waals surface area contributed by atoms with Gasteiger partial charge in [0.15, 0.2) is 0 Å². The molecule has 0 heterocycles. The van der Waals surface area contributed by atoms with Crippen molar-refractivity contribution in [1.82, 2.24) is 0 Å². The lowest BCUT2D eigenvalue weighted by Crippen LogP contribution is -2.12. The summed E-state index contributed by atoms with van der Waals surface area (Å²) in [5.41, 5.74) is 2.19. The molecule has 1 aromatic carbocycles. The van der Waals surface area contributed by atoms with Gasteiger partial charge in [-0.15, -0.1) is 0 Å². The van der Waals surface area contributed by atoms with E-state index in [1.54, 1.807) is 0 Å². The third-order valence-corrected chi connectivity index (χ3v) is 2.67. The maximum absolute atomic E-state index is 9.39. The highest BCUT2D eigenvalue weighted by atomic mass is 16.5. The molecular weight excluding hydrogens is 212 g/mol. The summed E-state index contributed by atoms with van der Waals surface area (Å²) >= 11 is 0. The Balaban J connectivity index is 2.93. The van der Waals surface area contributed by atoms with Crippen LogP contribution in [0.3, 0.4) is 0 Å². The van der Waals surface area contributed by atoms with Crippen LogP contribution in [-0.2, 0) is 12.0 Å². The van der Waals surface area contributed by atoms with Crippen LogP contribution in [0, 0.1) is 5.92 Å². The highest BCUT2D eigenvalue weighted by Crippen LogP contribution is 2.28. The molecule has 0 spiro atoms. The second kappa shape index (κ2) is 5.54. The quantitative estimate of drug-likeness (QED) is 0.867. The lowest BCUT2D eigenvalue weighted by molar-refractivity contribution is 0.245. The van der Waals surface area contributed by atoms with E-state index in [0.29, 0.717) is 12.5 Å². The van der Waals surface area contributed by atoms with Crippen molar-refractivity contribution in [2.45, 2.75) is 46.6 Å². The van der Waals surface area contributed by atoms with E-state index >= 15 is 0 Å². The Bertz CT molecular complexity index is 362. The van der Waals surface area contributed by atoms with Crippen LogP contribution in [-0.4, -0.2) is 11.7 Å². The maximum atomic E-state index is 9.39. The van der Waals surface area contributed by atoms with Crippen molar-refractivity contribution in [2.24, 2.45) is 5.92 Å². The molecule has 0 bridgehead atoms. The number of benzene rings is 1. The van der Waals surface area contributed by atoms with Crippen LogP contribution in [0.2, 0.25) is 0 Å². The van der Waals surface area contributed by atoms with Gasteiger partial charge in [-0.2, -0.15) is 0 Å². The molecule has 0 aromatic heterocycles. The fourth-order valence-electron chi connectivity index (χ4n) is 1.57.